The van der Waals surface area contributed by atoms with Crippen LogP contribution in [-0.4, -0.2) is 37.2 Å². The first kappa shape index (κ1) is 59.4. The van der Waals surface area contributed by atoms with E-state index in [-0.39, 0.29) is 31.1 Å². The molecule has 0 aliphatic heterocycles. The van der Waals surface area contributed by atoms with Gasteiger partial charge in [-0.3, -0.25) is 14.4 Å². The van der Waals surface area contributed by atoms with Crippen LogP contribution in [0.25, 0.3) is 0 Å². The van der Waals surface area contributed by atoms with Crippen LogP contribution in [0.2, 0.25) is 0 Å². The van der Waals surface area contributed by atoms with Crippen molar-refractivity contribution in [3.05, 3.63) is 0 Å². The molecule has 1 atom stereocenters. The summed E-state index contributed by atoms with van der Waals surface area (Å²) in [4.78, 5) is 37.7. The maximum absolute atomic E-state index is 12.7. The lowest BCUT2D eigenvalue weighted by Crippen LogP contribution is -2.30. The topological polar surface area (TPSA) is 78.9 Å². The molecule has 0 fully saturated rings. The smallest absolute Gasteiger partial charge is 0.306 e. The molecule has 0 unspecified atom stereocenters. The summed E-state index contributed by atoms with van der Waals surface area (Å²) >= 11 is 0. The summed E-state index contributed by atoms with van der Waals surface area (Å²) in [5, 5.41) is 0. The molecule has 0 radical (unpaired) electrons. The average Bonchev–Trinajstić information content (AvgIpc) is 3.24. The second-order valence-electron chi connectivity index (χ2n) is 19.3. The number of hydrogen-bond donors (Lipinski definition) is 0. The van der Waals surface area contributed by atoms with Gasteiger partial charge in [-0.1, -0.05) is 272 Å². The quantitative estimate of drug-likeness (QED) is 0.0344. The van der Waals surface area contributed by atoms with Gasteiger partial charge in [0.2, 0.25) is 0 Å². The molecule has 0 aliphatic carbocycles. The largest absolute Gasteiger partial charge is 0.462 e. The molecule has 0 heterocycles. The third kappa shape index (κ3) is 49.3. The number of carbonyl (C=O) groups excluding carboxylic acids is 3. The van der Waals surface area contributed by atoms with E-state index >= 15 is 0 Å². The Bertz CT molecular complexity index is 918. The molecule has 6 heteroatoms. The van der Waals surface area contributed by atoms with E-state index in [2.05, 4.69) is 27.7 Å². The van der Waals surface area contributed by atoms with E-state index in [9.17, 15) is 14.4 Å². The van der Waals surface area contributed by atoms with Crippen LogP contribution < -0.4 is 0 Å². The normalized spacial score (nSPS) is 12.0. The van der Waals surface area contributed by atoms with Gasteiger partial charge in [0.15, 0.2) is 6.10 Å². The van der Waals surface area contributed by atoms with Crippen LogP contribution in [-0.2, 0) is 28.6 Å². The molecule has 61 heavy (non-hydrogen) atoms. The Kier molecular flexibility index (Phi) is 48.1. The molecule has 0 bridgehead atoms. The molecule has 0 amide bonds. The second-order valence-corrected chi connectivity index (χ2v) is 19.3. The molecular formula is C55H106O6. The molecule has 0 aromatic heterocycles. The van der Waals surface area contributed by atoms with E-state index < -0.39 is 6.10 Å². The van der Waals surface area contributed by atoms with Crippen molar-refractivity contribution in [2.75, 3.05) is 13.2 Å². The Labute approximate surface area is 380 Å². The van der Waals surface area contributed by atoms with Crippen LogP contribution in [0.4, 0.5) is 0 Å². The molecule has 0 saturated heterocycles. The standard InChI is InChI=1S/C55H106O6/c1-5-7-9-11-12-13-14-15-16-19-24-27-30-33-36-40-44-48-55(58)61-52(49-59-53(56)46-42-37-10-8-6-2)50-60-54(57)47-43-39-35-32-29-26-23-21-18-17-20-22-25-28-31-34-38-41-45-51(3)4/h51-52H,5-50H2,1-4H3/t52-/m1/s1. The fraction of sp³-hybridized carbons (Fsp3) is 0.945. The van der Waals surface area contributed by atoms with Crippen LogP contribution in [0, 0.1) is 5.92 Å². The lowest BCUT2D eigenvalue weighted by Gasteiger charge is -2.18. The fourth-order valence-corrected chi connectivity index (χ4v) is 8.39. The summed E-state index contributed by atoms with van der Waals surface area (Å²) in [6.45, 7) is 8.98. The predicted molar refractivity (Wildman–Crippen MR) is 261 cm³/mol. The SMILES string of the molecule is CCCCCCCCCCCCCCCCCCCC(=O)O[C@H](COC(=O)CCCCCCC)COC(=O)CCCCCCCCCCCCCCCCCCCCC(C)C. The molecular weight excluding hydrogens is 757 g/mol. The summed E-state index contributed by atoms with van der Waals surface area (Å²) in [6, 6.07) is 0. The zero-order chi connectivity index (χ0) is 44.5. The Balaban J connectivity index is 4.05. The Morgan fingerprint density at radius 1 is 0.311 bits per heavy atom. The summed E-state index contributed by atoms with van der Waals surface area (Å²) in [6.07, 6.45) is 52.8. The molecule has 0 saturated carbocycles. The van der Waals surface area contributed by atoms with Crippen LogP contribution in [0.5, 0.6) is 0 Å². The van der Waals surface area contributed by atoms with E-state index in [0.29, 0.717) is 19.3 Å². The van der Waals surface area contributed by atoms with E-state index in [0.717, 1.165) is 70.1 Å². The van der Waals surface area contributed by atoms with Crippen LogP contribution in [0.1, 0.15) is 310 Å². The fourth-order valence-electron chi connectivity index (χ4n) is 8.39. The zero-order valence-corrected chi connectivity index (χ0v) is 41.6. The molecule has 0 aromatic carbocycles. The Morgan fingerprint density at radius 3 is 0.803 bits per heavy atom. The van der Waals surface area contributed by atoms with Gasteiger partial charge in [-0.2, -0.15) is 0 Å². The van der Waals surface area contributed by atoms with Crippen LogP contribution >= 0.6 is 0 Å². The minimum absolute atomic E-state index is 0.0634. The van der Waals surface area contributed by atoms with Crippen molar-refractivity contribution >= 4 is 17.9 Å². The van der Waals surface area contributed by atoms with Crippen molar-refractivity contribution in [1.29, 1.82) is 0 Å². The molecule has 362 valence electrons. The predicted octanol–water partition coefficient (Wildman–Crippen LogP) is 17.8. The van der Waals surface area contributed by atoms with E-state index in [1.165, 1.54) is 199 Å². The highest BCUT2D eigenvalue weighted by Gasteiger charge is 2.19. The number of unbranched alkanes of at least 4 members (excludes halogenated alkanes) is 37. The van der Waals surface area contributed by atoms with Gasteiger partial charge < -0.3 is 14.2 Å². The van der Waals surface area contributed by atoms with Gasteiger partial charge in [0.05, 0.1) is 0 Å². The van der Waals surface area contributed by atoms with Crippen molar-refractivity contribution in [3.63, 3.8) is 0 Å². The molecule has 0 N–H and O–H groups in total. The van der Waals surface area contributed by atoms with Gasteiger partial charge in [-0.25, -0.2) is 0 Å². The summed E-state index contributed by atoms with van der Waals surface area (Å²) in [5.74, 6) is 0.00360. The molecule has 0 rings (SSSR count). The first-order chi connectivity index (χ1) is 29.9. The van der Waals surface area contributed by atoms with Crippen LogP contribution in [0.3, 0.4) is 0 Å². The number of carbonyl (C=O) groups is 3. The third-order valence-corrected chi connectivity index (χ3v) is 12.5. The molecule has 0 aliphatic rings. The third-order valence-electron chi connectivity index (χ3n) is 12.5. The Morgan fingerprint density at radius 2 is 0.541 bits per heavy atom. The van der Waals surface area contributed by atoms with Gasteiger partial charge in [0.25, 0.3) is 0 Å². The minimum atomic E-state index is -0.759. The van der Waals surface area contributed by atoms with Gasteiger partial charge in [0, 0.05) is 19.3 Å². The van der Waals surface area contributed by atoms with Crippen molar-refractivity contribution < 1.29 is 28.6 Å². The minimum Gasteiger partial charge on any atom is -0.462 e. The highest BCUT2D eigenvalue weighted by Crippen LogP contribution is 2.18. The Hall–Kier alpha value is -1.59. The lowest BCUT2D eigenvalue weighted by molar-refractivity contribution is -0.167. The first-order valence-electron chi connectivity index (χ1n) is 27.4. The maximum Gasteiger partial charge on any atom is 0.306 e. The molecule has 0 spiro atoms. The van der Waals surface area contributed by atoms with Crippen molar-refractivity contribution in [1.82, 2.24) is 0 Å². The van der Waals surface area contributed by atoms with Gasteiger partial charge in [0.1, 0.15) is 13.2 Å². The highest BCUT2D eigenvalue weighted by atomic mass is 16.6. The summed E-state index contributed by atoms with van der Waals surface area (Å²) in [5.41, 5.74) is 0. The second kappa shape index (κ2) is 49.4. The van der Waals surface area contributed by atoms with E-state index in [1.54, 1.807) is 0 Å². The molecule has 0 aromatic rings. The number of hydrogen-bond acceptors (Lipinski definition) is 6. The first-order valence-corrected chi connectivity index (χ1v) is 27.4. The summed E-state index contributed by atoms with van der Waals surface area (Å²) in [7, 11) is 0. The van der Waals surface area contributed by atoms with Gasteiger partial charge in [-0.15, -0.1) is 0 Å². The molecule has 6 nitrogen and oxygen atoms in total. The number of esters is 3. The van der Waals surface area contributed by atoms with E-state index in [4.69, 9.17) is 14.2 Å². The van der Waals surface area contributed by atoms with Crippen molar-refractivity contribution in [2.24, 2.45) is 5.92 Å². The van der Waals surface area contributed by atoms with Crippen molar-refractivity contribution in [2.45, 2.75) is 316 Å². The van der Waals surface area contributed by atoms with Gasteiger partial charge >= 0.3 is 17.9 Å². The zero-order valence-electron chi connectivity index (χ0n) is 41.6. The highest BCUT2D eigenvalue weighted by molar-refractivity contribution is 5.71. The number of rotatable bonds is 50. The van der Waals surface area contributed by atoms with Gasteiger partial charge in [-0.05, 0) is 25.2 Å². The van der Waals surface area contributed by atoms with E-state index in [1.807, 2.05) is 0 Å². The van der Waals surface area contributed by atoms with Crippen molar-refractivity contribution in [3.8, 4) is 0 Å². The number of ether oxygens (including phenoxy) is 3. The summed E-state index contributed by atoms with van der Waals surface area (Å²) < 4.78 is 16.7. The average molecular weight is 863 g/mol. The monoisotopic (exact) mass is 863 g/mol. The van der Waals surface area contributed by atoms with Crippen LogP contribution in [0.15, 0.2) is 0 Å². The maximum atomic E-state index is 12.7. The lowest BCUT2D eigenvalue weighted by atomic mass is 10.0.